The van der Waals surface area contributed by atoms with Gasteiger partial charge in [-0.3, -0.25) is 4.79 Å². The lowest BCUT2D eigenvalue weighted by atomic mass is 9.90. The van der Waals surface area contributed by atoms with E-state index >= 15 is 0 Å². The molecule has 3 rings (SSSR count). The highest BCUT2D eigenvalue weighted by atomic mass is 19.1. The third kappa shape index (κ3) is 2.87. The number of hydrogen-bond donors (Lipinski definition) is 0. The van der Waals surface area contributed by atoms with E-state index in [1.54, 1.807) is 44.4 Å². The van der Waals surface area contributed by atoms with Crippen molar-refractivity contribution in [2.45, 2.75) is 5.54 Å². The summed E-state index contributed by atoms with van der Waals surface area (Å²) in [5.74, 6) is -1.19. The Hall–Kier alpha value is -3.02. The van der Waals surface area contributed by atoms with Crippen LogP contribution in [-0.4, -0.2) is 42.8 Å². The SMILES string of the molecule is CN(C)C(=O)N1CC(c2cc(F)ccc2F)=CC1(C=O)c1ccccc1. The Labute approximate surface area is 150 Å². The maximum atomic E-state index is 14.3. The van der Waals surface area contributed by atoms with Crippen molar-refractivity contribution in [2.24, 2.45) is 0 Å². The van der Waals surface area contributed by atoms with Gasteiger partial charge in [-0.2, -0.15) is 0 Å². The third-order valence-corrected chi connectivity index (χ3v) is 4.47. The number of rotatable bonds is 3. The van der Waals surface area contributed by atoms with Crippen molar-refractivity contribution in [1.82, 2.24) is 9.80 Å². The second-order valence-corrected chi connectivity index (χ2v) is 6.37. The predicted octanol–water partition coefficient (Wildman–Crippen LogP) is 3.44. The molecule has 134 valence electrons. The molecule has 0 bridgehead atoms. The van der Waals surface area contributed by atoms with Gasteiger partial charge in [0.05, 0.1) is 0 Å². The highest BCUT2D eigenvalue weighted by molar-refractivity contribution is 5.90. The van der Waals surface area contributed by atoms with Gasteiger partial charge in [0.25, 0.3) is 0 Å². The van der Waals surface area contributed by atoms with E-state index in [0.29, 0.717) is 17.4 Å². The van der Waals surface area contributed by atoms with E-state index in [1.807, 2.05) is 0 Å². The quantitative estimate of drug-likeness (QED) is 0.791. The van der Waals surface area contributed by atoms with E-state index in [0.717, 1.165) is 18.2 Å². The first-order valence-electron chi connectivity index (χ1n) is 8.07. The van der Waals surface area contributed by atoms with Crippen molar-refractivity contribution in [3.05, 3.63) is 77.4 Å². The van der Waals surface area contributed by atoms with Gasteiger partial charge in [0.2, 0.25) is 0 Å². The summed E-state index contributed by atoms with van der Waals surface area (Å²) in [6.07, 6.45) is 2.20. The van der Waals surface area contributed by atoms with Gasteiger partial charge in [-0.25, -0.2) is 13.6 Å². The van der Waals surface area contributed by atoms with Crippen LogP contribution in [0.5, 0.6) is 0 Å². The first kappa shape index (κ1) is 17.8. The number of benzene rings is 2. The zero-order chi connectivity index (χ0) is 18.9. The van der Waals surface area contributed by atoms with Crippen LogP contribution in [0.2, 0.25) is 0 Å². The first-order valence-corrected chi connectivity index (χ1v) is 8.07. The highest BCUT2D eigenvalue weighted by Gasteiger charge is 2.45. The maximum absolute atomic E-state index is 14.3. The minimum atomic E-state index is -1.38. The Morgan fingerprint density at radius 2 is 1.85 bits per heavy atom. The molecular weight excluding hydrogens is 338 g/mol. The zero-order valence-electron chi connectivity index (χ0n) is 14.4. The van der Waals surface area contributed by atoms with Crippen LogP contribution in [0.1, 0.15) is 11.1 Å². The summed E-state index contributed by atoms with van der Waals surface area (Å²) >= 11 is 0. The van der Waals surface area contributed by atoms with Crippen LogP contribution in [0.25, 0.3) is 5.57 Å². The van der Waals surface area contributed by atoms with E-state index in [-0.39, 0.29) is 12.1 Å². The van der Waals surface area contributed by atoms with E-state index in [2.05, 4.69) is 0 Å². The summed E-state index contributed by atoms with van der Waals surface area (Å²) in [7, 11) is 3.15. The van der Waals surface area contributed by atoms with Crippen molar-refractivity contribution in [3.8, 4) is 0 Å². The number of urea groups is 1. The van der Waals surface area contributed by atoms with Gasteiger partial charge in [0, 0.05) is 26.2 Å². The minimum absolute atomic E-state index is 0.00891. The Kier molecular flexibility index (Phi) is 4.59. The number of hydrogen-bond acceptors (Lipinski definition) is 2. The lowest BCUT2D eigenvalue weighted by Crippen LogP contribution is -2.50. The minimum Gasteiger partial charge on any atom is -0.331 e. The van der Waals surface area contributed by atoms with Crippen LogP contribution >= 0.6 is 0 Å². The third-order valence-electron chi connectivity index (χ3n) is 4.47. The summed E-state index contributed by atoms with van der Waals surface area (Å²) in [5.41, 5.74) is -0.372. The Bertz CT molecular complexity index is 881. The standard InChI is InChI=1S/C20H18F2N2O2/c1-23(2)19(26)24-12-14(17-10-16(21)8-9-18(17)22)11-20(24,13-25)15-6-4-3-5-7-15/h3-11,13H,12H2,1-2H3. The zero-order valence-corrected chi connectivity index (χ0v) is 14.4. The molecule has 0 aromatic heterocycles. The average molecular weight is 356 g/mol. The molecule has 1 aliphatic rings. The van der Waals surface area contributed by atoms with E-state index < -0.39 is 23.2 Å². The van der Waals surface area contributed by atoms with Crippen LogP contribution in [0.15, 0.2) is 54.6 Å². The van der Waals surface area contributed by atoms with Crippen molar-refractivity contribution in [2.75, 3.05) is 20.6 Å². The first-order chi connectivity index (χ1) is 12.4. The maximum Gasteiger partial charge on any atom is 0.321 e. The van der Waals surface area contributed by atoms with Gasteiger partial charge < -0.3 is 9.80 Å². The number of carbonyl (C=O) groups is 2. The molecule has 0 aliphatic carbocycles. The monoisotopic (exact) mass is 356 g/mol. The molecule has 1 heterocycles. The molecule has 0 fully saturated rings. The van der Waals surface area contributed by atoms with Crippen molar-refractivity contribution in [1.29, 1.82) is 0 Å². The lowest BCUT2D eigenvalue weighted by Gasteiger charge is -2.35. The van der Waals surface area contributed by atoms with Gasteiger partial charge in [-0.15, -0.1) is 0 Å². The largest absolute Gasteiger partial charge is 0.331 e. The molecule has 26 heavy (non-hydrogen) atoms. The molecule has 1 unspecified atom stereocenters. The van der Waals surface area contributed by atoms with Crippen LogP contribution in [0, 0.1) is 11.6 Å². The second kappa shape index (κ2) is 6.71. The average Bonchev–Trinajstić information content (AvgIpc) is 3.04. The van der Waals surface area contributed by atoms with E-state index in [9.17, 15) is 18.4 Å². The predicted molar refractivity (Wildman–Crippen MR) is 94.3 cm³/mol. The van der Waals surface area contributed by atoms with Gasteiger partial charge >= 0.3 is 6.03 Å². The molecule has 4 nitrogen and oxygen atoms in total. The van der Waals surface area contributed by atoms with Crippen molar-refractivity contribution < 1.29 is 18.4 Å². The van der Waals surface area contributed by atoms with Gasteiger partial charge in [0.15, 0.2) is 6.29 Å². The summed E-state index contributed by atoms with van der Waals surface area (Å²) < 4.78 is 27.9. The van der Waals surface area contributed by atoms with Crippen molar-refractivity contribution >= 4 is 17.9 Å². The summed E-state index contributed by atoms with van der Waals surface area (Å²) in [6, 6.07) is 11.5. The molecule has 2 amide bonds. The number of aldehydes is 1. The fourth-order valence-corrected chi connectivity index (χ4v) is 3.17. The van der Waals surface area contributed by atoms with Gasteiger partial charge in [-0.05, 0) is 35.4 Å². The van der Waals surface area contributed by atoms with E-state index in [1.165, 1.54) is 15.9 Å². The molecule has 1 atom stereocenters. The summed E-state index contributed by atoms with van der Waals surface area (Å²) in [4.78, 5) is 27.6. The number of halogens is 2. The summed E-state index contributed by atoms with van der Waals surface area (Å²) in [6.45, 7) is -0.00891. The fourth-order valence-electron chi connectivity index (χ4n) is 3.17. The second-order valence-electron chi connectivity index (χ2n) is 6.37. The Morgan fingerprint density at radius 1 is 1.15 bits per heavy atom. The normalized spacial score (nSPS) is 19.2. The van der Waals surface area contributed by atoms with Gasteiger partial charge in [0.1, 0.15) is 17.2 Å². The molecule has 0 saturated heterocycles. The Balaban J connectivity index is 2.19. The topological polar surface area (TPSA) is 40.6 Å². The number of carbonyl (C=O) groups excluding carboxylic acids is 2. The number of amides is 2. The number of nitrogens with zero attached hydrogens (tertiary/aromatic N) is 2. The van der Waals surface area contributed by atoms with Crippen LogP contribution in [0.3, 0.4) is 0 Å². The van der Waals surface area contributed by atoms with Crippen LogP contribution in [0.4, 0.5) is 13.6 Å². The smallest absolute Gasteiger partial charge is 0.321 e. The Morgan fingerprint density at radius 3 is 2.46 bits per heavy atom. The molecule has 2 aromatic carbocycles. The molecule has 0 saturated carbocycles. The van der Waals surface area contributed by atoms with Crippen LogP contribution < -0.4 is 0 Å². The molecule has 1 aliphatic heterocycles. The molecule has 0 N–H and O–H groups in total. The fraction of sp³-hybridized carbons (Fsp3) is 0.200. The van der Waals surface area contributed by atoms with Crippen LogP contribution in [-0.2, 0) is 10.3 Å². The molecule has 0 radical (unpaired) electrons. The molecule has 6 heteroatoms. The van der Waals surface area contributed by atoms with Crippen molar-refractivity contribution in [3.63, 3.8) is 0 Å². The molecule has 2 aromatic rings. The highest BCUT2D eigenvalue weighted by Crippen LogP contribution is 2.40. The molecule has 0 spiro atoms. The van der Waals surface area contributed by atoms with Gasteiger partial charge in [-0.1, -0.05) is 30.3 Å². The summed E-state index contributed by atoms with van der Waals surface area (Å²) in [5, 5.41) is 0. The van der Waals surface area contributed by atoms with E-state index in [4.69, 9.17) is 0 Å². The lowest BCUT2D eigenvalue weighted by molar-refractivity contribution is -0.114. The molecular formula is C20H18F2N2O2.